The van der Waals surface area contributed by atoms with Crippen LogP contribution in [-0.4, -0.2) is 34.9 Å². The molecule has 16 heavy (non-hydrogen) atoms. The van der Waals surface area contributed by atoms with E-state index in [1.807, 2.05) is 0 Å². The largest absolute Gasteiger partial charge is 0.470 e. The highest BCUT2D eigenvalue weighted by molar-refractivity contribution is 7.46. The smallest absolute Gasteiger partial charge is 0.347 e. The molecular weight excluding hydrogens is 235 g/mol. The van der Waals surface area contributed by atoms with Crippen LogP contribution in [0.5, 0.6) is 0 Å². The average Bonchev–Trinajstić information content (AvgIpc) is 2.21. The number of phosphoric ester groups is 1. The summed E-state index contributed by atoms with van der Waals surface area (Å²) in [6.07, 6.45) is 3.15. The van der Waals surface area contributed by atoms with Crippen molar-refractivity contribution in [1.82, 2.24) is 0 Å². The van der Waals surface area contributed by atoms with Crippen LogP contribution in [0.4, 0.5) is 0 Å². The van der Waals surface area contributed by atoms with Gasteiger partial charge in [-0.2, -0.15) is 0 Å². The van der Waals surface area contributed by atoms with E-state index in [1.165, 1.54) is 0 Å². The van der Waals surface area contributed by atoms with Crippen LogP contribution >= 0.6 is 7.82 Å². The minimum atomic E-state index is -4.49. The number of phosphoric acid groups is 1. The maximum Gasteiger partial charge on any atom is 0.470 e. The summed E-state index contributed by atoms with van der Waals surface area (Å²) in [5.41, 5.74) is 0. The molecule has 1 spiro atoms. The second-order valence-corrected chi connectivity index (χ2v) is 5.38. The fraction of sp³-hybridized carbons (Fsp3) is 1.00. The summed E-state index contributed by atoms with van der Waals surface area (Å²) in [6, 6.07) is 0. The zero-order chi connectivity index (χ0) is 11.6. The van der Waals surface area contributed by atoms with Crippen LogP contribution < -0.4 is 0 Å². The number of hydrogen-bond acceptors (Lipinski definition) is 4. The van der Waals surface area contributed by atoms with Gasteiger partial charge in [-0.05, 0) is 25.7 Å². The van der Waals surface area contributed by atoms with Crippen molar-refractivity contribution >= 4 is 7.82 Å². The highest BCUT2D eigenvalue weighted by Gasteiger charge is 2.47. The molecule has 2 rings (SSSR count). The lowest BCUT2D eigenvalue weighted by Crippen LogP contribution is -2.53. The first-order valence-electron chi connectivity index (χ1n) is 5.54. The summed E-state index contributed by atoms with van der Waals surface area (Å²) in [7, 11) is -4.49. The van der Waals surface area contributed by atoms with Crippen molar-refractivity contribution < 1.29 is 28.3 Å². The average molecular weight is 252 g/mol. The van der Waals surface area contributed by atoms with E-state index in [0.717, 1.165) is 19.3 Å². The predicted molar refractivity (Wildman–Crippen MR) is 54.6 cm³/mol. The fourth-order valence-corrected chi connectivity index (χ4v) is 2.88. The summed E-state index contributed by atoms with van der Waals surface area (Å²) >= 11 is 0. The lowest BCUT2D eigenvalue weighted by atomic mass is 9.94. The topological polar surface area (TPSA) is 85.2 Å². The van der Waals surface area contributed by atoms with E-state index in [-0.39, 0.29) is 0 Å². The van der Waals surface area contributed by atoms with Gasteiger partial charge in [0.15, 0.2) is 5.79 Å². The van der Waals surface area contributed by atoms with Gasteiger partial charge in [-0.1, -0.05) is 0 Å². The standard InChI is InChI=1S/C9H17O6P/c10-16(11,12)15-8-4-3-7-14-9(8)5-1-2-6-13-9/h8H,1-7H2,(H2,10,11,12). The molecule has 0 aromatic carbocycles. The van der Waals surface area contributed by atoms with Crippen molar-refractivity contribution in [1.29, 1.82) is 0 Å². The van der Waals surface area contributed by atoms with Crippen molar-refractivity contribution in [3.05, 3.63) is 0 Å². The molecule has 0 aliphatic carbocycles. The normalized spacial score (nSPS) is 36.5. The van der Waals surface area contributed by atoms with E-state index in [1.54, 1.807) is 0 Å². The summed E-state index contributed by atoms with van der Waals surface area (Å²) in [5, 5.41) is 0. The van der Waals surface area contributed by atoms with Crippen LogP contribution in [-0.2, 0) is 18.6 Å². The minimum Gasteiger partial charge on any atom is -0.347 e. The zero-order valence-corrected chi connectivity index (χ0v) is 9.90. The second kappa shape index (κ2) is 4.72. The Hall–Kier alpha value is 0.0300. The molecule has 0 radical (unpaired) electrons. The maximum atomic E-state index is 10.9. The Labute approximate surface area is 94.1 Å². The molecule has 2 N–H and O–H groups in total. The van der Waals surface area contributed by atoms with Gasteiger partial charge in [0.25, 0.3) is 0 Å². The van der Waals surface area contributed by atoms with Gasteiger partial charge in [0, 0.05) is 6.42 Å². The number of hydrogen-bond donors (Lipinski definition) is 2. The van der Waals surface area contributed by atoms with Gasteiger partial charge in [0.2, 0.25) is 0 Å². The van der Waals surface area contributed by atoms with E-state index in [9.17, 15) is 4.57 Å². The number of ether oxygens (including phenoxy) is 2. The first-order chi connectivity index (χ1) is 7.52. The molecule has 2 fully saturated rings. The molecule has 0 amide bonds. The molecule has 2 unspecified atom stereocenters. The van der Waals surface area contributed by atoms with Gasteiger partial charge in [-0.25, -0.2) is 4.57 Å². The third kappa shape index (κ3) is 2.83. The lowest BCUT2D eigenvalue weighted by Gasteiger charge is -2.44. The Morgan fingerprint density at radius 3 is 2.50 bits per heavy atom. The minimum absolute atomic E-state index is 0.557. The summed E-state index contributed by atoms with van der Waals surface area (Å²) in [5.74, 6) is -0.933. The summed E-state index contributed by atoms with van der Waals surface area (Å²) < 4.78 is 26.8. The van der Waals surface area contributed by atoms with Gasteiger partial charge in [-0.3, -0.25) is 4.52 Å². The molecule has 0 bridgehead atoms. The first-order valence-corrected chi connectivity index (χ1v) is 7.07. The van der Waals surface area contributed by atoms with Crippen LogP contribution in [0.3, 0.4) is 0 Å². The molecule has 2 aliphatic heterocycles. The van der Waals surface area contributed by atoms with Crippen LogP contribution in [0.25, 0.3) is 0 Å². The van der Waals surface area contributed by atoms with E-state index < -0.39 is 19.7 Å². The van der Waals surface area contributed by atoms with Crippen molar-refractivity contribution in [3.63, 3.8) is 0 Å². The van der Waals surface area contributed by atoms with Gasteiger partial charge >= 0.3 is 7.82 Å². The molecule has 7 heteroatoms. The van der Waals surface area contributed by atoms with Crippen LogP contribution in [0.15, 0.2) is 0 Å². The molecule has 2 aliphatic rings. The van der Waals surface area contributed by atoms with E-state index in [2.05, 4.69) is 0 Å². The van der Waals surface area contributed by atoms with Crippen molar-refractivity contribution in [3.8, 4) is 0 Å². The van der Waals surface area contributed by atoms with Crippen molar-refractivity contribution in [2.24, 2.45) is 0 Å². The highest BCUT2D eigenvalue weighted by atomic mass is 31.2. The molecule has 2 saturated heterocycles. The van der Waals surface area contributed by atoms with Gasteiger partial charge < -0.3 is 19.3 Å². The highest BCUT2D eigenvalue weighted by Crippen LogP contribution is 2.46. The predicted octanol–water partition coefficient (Wildman–Crippen LogP) is 1.17. The molecule has 0 aromatic rings. The second-order valence-electron chi connectivity index (χ2n) is 4.19. The third-order valence-corrected chi connectivity index (χ3v) is 3.51. The molecule has 2 atom stereocenters. The van der Waals surface area contributed by atoms with Gasteiger partial charge in [-0.15, -0.1) is 0 Å². The van der Waals surface area contributed by atoms with E-state index in [0.29, 0.717) is 26.1 Å². The van der Waals surface area contributed by atoms with Crippen LogP contribution in [0.1, 0.15) is 32.1 Å². The monoisotopic (exact) mass is 252 g/mol. The SMILES string of the molecule is O=P(O)(O)OC1CCCOC12CCCCO2. The summed E-state index contributed by atoms with van der Waals surface area (Å²) in [6.45, 7) is 1.11. The van der Waals surface area contributed by atoms with Crippen molar-refractivity contribution in [2.75, 3.05) is 13.2 Å². The number of rotatable bonds is 2. The molecule has 2 heterocycles. The first kappa shape index (κ1) is 12.5. The zero-order valence-electron chi connectivity index (χ0n) is 9.00. The molecule has 0 saturated carbocycles. The Kier molecular flexibility index (Phi) is 3.69. The Balaban J connectivity index is 2.09. The third-order valence-electron chi connectivity index (χ3n) is 2.98. The molecular formula is C9H17O6P. The fourth-order valence-electron chi connectivity index (χ4n) is 2.28. The van der Waals surface area contributed by atoms with Crippen LogP contribution in [0.2, 0.25) is 0 Å². The van der Waals surface area contributed by atoms with Crippen molar-refractivity contribution in [2.45, 2.75) is 44.0 Å². The maximum absolute atomic E-state index is 10.9. The Morgan fingerprint density at radius 2 is 1.88 bits per heavy atom. The summed E-state index contributed by atoms with van der Waals surface area (Å²) in [4.78, 5) is 17.7. The van der Waals surface area contributed by atoms with Gasteiger partial charge in [0.05, 0.1) is 13.2 Å². The Morgan fingerprint density at radius 1 is 1.19 bits per heavy atom. The molecule has 0 aromatic heterocycles. The van der Waals surface area contributed by atoms with E-state index in [4.69, 9.17) is 23.8 Å². The van der Waals surface area contributed by atoms with E-state index >= 15 is 0 Å². The molecule has 6 nitrogen and oxygen atoms in total. The quantitative estimate of drug-likeness (QED) is 0.717. The lowest BCUT2D eigenvalue weighted by molar-refractivity contribution is -0.310. The molecule has 94 valence electrons. The Bertz CT molecular complexity index is 273. The van der Waals surface area contributed by atoms with Crippen LogP contribution in [0, 0.1) is 0 Å². The van der Waals surface area contributed by atoms with Gasteiger partial charge in [0.1, 0.15) is 6.10 Å².